The molecule has 1 heterocycles. The number of hydrogen-bond donors (Lipinski definition) is 2. The third-order valence-electron chi connectivity index (χ3n) is 4.46. The number of aliphatic hydroxyl groups is 1. The highest BCUT2D eigenvalue weighted by molar-refractivity contribution is 5.68. The van der Waals surface area contributed by atoms with E-state index in [1.807, 2.05) is 39.5 Å². The highest BCUT2D eigenvalue weighted by atomic mass is 16.6. The largest absolute Gasteiger partial charge is 0.444 e. The lowest BCUT2D eigenvalue weighted by atomic mass is 9.88. The number of carbonyl (C=O) groups is 1. The van der Waals surface area contributed by atoms with Gasteiger partial charge in [0.2, 0.25) is 0 Å². The molecule has 3 unspecified atom stereocenters. The van der Waals surface area contributed by atoms with E-state index in [9.17, 15) is 9.90 Å². The molecule has 3 atom stereocenters. The second-order valence-electron chi connectivity index (χ2n) is 8.16. The molecule has 0 aromatic heterocycles. The van der Waals surface area contributed by atoms with E-state index < -0.39 is 11.7 Å². The van der Waals surface area contributed by atoms with E-state index in [1.54, 1.807) is 6.92 Å². The summed E-state index contributed by atoms with van der Waals surface area (Å²) in [7, 11) is 0. The molecule has 0 aromatic rings. The molecule has 5 heteroatoms. The lowest BCUT2D eigenvalue weighted by Gasteiger charge is -2.40. The summed E-state index contributed by atoms with van der Waals surface area (Å²) < 4.78 is 5.47. The summed E-state index contributed by atoms with van der Waals surface area (Å²) in [5.41, 5.74) is -0.796. The molecule has 1 saturated heterocycles. The number of hydrogen-bond acceptors (Lipinski definition) is 4. The van der Waals surface area contributed by atoms with Crippen LogP contribution in [0.4, 0.5) is 4.79 Å². The van der Waals surface area contributed by atoms with Gasteiger partial charge in [0, 0.05) is 24.7 Å². The van der Waals surface area contributed by atoms with Crippen LogP contribution in [0.15, 0.2) is 0 Å². The van der Waals surface area contributed by atoms with Gasteiger partial charge in [-0.1, -0.05) is 0 Å². The average molecular weight is 314 g/mol. The van der Waals surface area contributed by atoms with Crippen LogP contribution in [0.1, 0.15) is 61.3 Å². The van der Waals surface area contributed by atoms with Crippen molar-refractivity contribution in [1.82, 2.24) is 10.2 Å². The lowest BCUT2D eigenvalue weighted by molar-refractivity contribution is 0.0125. The minimum Gasteiger partial charge on any atom is -0.444 e. The number of amides is 1. The van der Waals surface area contributed by atoms with Gasteiger partial charge < -0.3 is 20.1 Å². The van der Waals surface area contributed by atoms with Crippen molar-refractivity contribution in [3.8, 4) is 0 Å². The van der Waals surface area contributed by atoms with E-state index in [4.69, 9.17) is 4.74 Å². The van der Waals surface area contributed by atoms with Crippen LogP contribution in [0, 0.1) is 5.92 Å². The number of ether oxygens (including phenoxy) is 1. The van der Waals surface area contributed by atoms with Crippen LogP contribution in [0.25, 0.3) is 0 Å². The van der Waals surface area contributed by atoms with E-state index >= 15 is 0 Å². The van der Waals surface area contributed by atoms with Gasteiger partial charge in [0.05, 0.1) is 6.10 Å². The molecule has 1 fully saturated rings. The number of aliphatic hydroxyl groups excluding tert-OH is 1. The Morgan fingerprint density at radius 2 is 1.86 bits per heavy atom. The van der Waals surface area contributed by atoms with E-state index in [0.29, 0.717) is 12.5 Å². The van der Waals surface area contributed by atoms with Gasteiger partial charge >= 0.3 is 6.09 Å². The van der Waals surface area contributed by atoms with Crippen molar-refractivity contribution < 1.29 is 14.6 Å². The van der Waals surface area contributed by atoms with E-state index in [1.165, 1.54) is 0 Å². The first kappa shape index (κ1) is 19.2. The second kappa shape index (κ2) is 7.18. The number of piperidine rings is 1. The molecule has 1 amide bonds. The maximum atomic E-state index is 12.2. The Morgan fingerprint density at radius 1 is 1.27 bits per heavy atom. The number of nitrogens with zero attached hydrogens (tertiary/aromatic N) is 1. The van der Waals surface area contributed by atoms with Gasteiger partial charge in [0.1, 0.15) is 5.60 Å². The molecule has 0 aliphatic carbocycles. The van der Waals surface area contributed by atoms with Crippen molar-refractivity contribution >= 4 is 6.09 Å². The molecular formula is C17H34N2O3. The third-order valence-corrected chi connectivity index (χ3v) is 4.46. The van der Waals surface area contributed by atoms with Gasteiger partial charge in [-0.3, -0.25) is 0 Å². The zero-order valence-electron chi connectivity index (χ0n) is 15.3. The molecule has 0 bridgehead atoms. The monoisotopic (exact) mass is 314 g/mol. The minimum atomic E-state index is -0.456. The Kier molecular flexibility index (Phi) is 6.27. The fourth-order valence-electron chi connectivity index (χ4n) is 2.74. The molecule has 0 spiro atoms. The summed E-state index contributed by atoms with van der Waals surface area (Å²) in [5.74, 6) is 0.374. The highest BCUT2D eigenvalue weighted by Gasteiger charge is 2.33. The molecule has 2 N–H and O–H groups in total. The molecule has 0 aromatic carbocycles. The molecule has 1 aliphatic rings. The quantitative estimate of drug-likeness (QED) is 0.837. The van der Waals surface area contributed by atoms with E-state index in [2.05, 4.69) is 12.2 Å². The first-order valence-corrected chi connectivity index (χ1v) is 8.36. The van der Waals surface area contributed by atoms with Crippen LogP contribution < -0.4 is 5.32 Å². The third kappa shape index (κ3) is 5.76. The Bertz CT molecular complexity index is 375. The molecule has 0 saturated carbocycles. The van der Waals surface area contributed by atoms with Gasteiger partial charge in [0.25, 0.3) is 0 Å². The predicted molar refractivity (Wildman–Crippen MR) is 88.9 cm³/mol. The number of rotatable bonds is 4. The maximum Gasteiger partial charge on any atom is 0.410 e. The minimum absolute atomic E-state index is 0.223. The standard InChI is InChI=1S/C17H34N2O3/c1-12(18-17(6,7)13(2)20)14-9-8-10-19(11-14)15(21)22-16(3,4)5/h12-14,18,20H,8-11H2,1-7H3. The SMILES string of the molecule is CC(NC(C)(C)C(C)O)C1CCCN(C(=O)OC(C)(C)C)C1. The topological polar surface area (TPSA) is 61.8 Å². The van der Waals surface area contributed by atoms with E-state index in [0.717, 1.165) is 19.4 Å². The molecule has 1 aliphatic heterocycles. The maximum absolute atomic E-state index is 12.2. The first-order valence-electron chi connectivity index (χ1n) is 8.36. The zero-order valence-corrected chi connectivity index (χ0v) is 15.3. The van der Waals surface area contributed by atoms with Crippen molar-refractivity contribution in [2.45, 2.75) is 84.6 Å². The van der Waals surface area contributed by atoms with Crippen molar-refractivity contribution in [2.75, 3.05) is 13.1 Å². The smallest absolute Gasteiger partial charge is 0.410 e. The highest BCUT2D eigenvalue weighted by Crippen LogP contribution is 2.23. The van der Waals surface area contributed by atoms with Crippen molar-refractivity contribution in [3.05, 3.63) is 0 Å². The summed E-state index contributed by atoms with van der Waals surface area (Å²) >= 11 is 0. The first-order chi connectivity index (χ1) is 9.92. The molecule has 5 nitrogen and oxygen atoms in total. The summed E-state index contributed by atoms with van der Waals surface area (Å²) in [4.78, 5) is 14.0. The fraction of sp³-hybridized carbons (Fsp3) is 0.941. The Balaban J connectivity index is 2.61. The second-order valence-corrected chi connectivity index (χ2v) is 8.16. The molecule has 1 rings (SSSR count). The van der Waals surface area contributed by atoms with Gasteiger partial charge in [-0.2, -0.15) is 0 Å². The molecule has 22 heavy (non-hydrogen) atoms. The van der Waals surface area contributed by atoms with E-state index in [-0.39, 0.29) is 17.7 Å². The summed E-state index contributed by atoms with van der Waals surface area (Å²) in [6, 6.07) is 0.231. The van der Waals surface area contributed by atoms with Crippen molar-refractivity contribution in [3.63, 3.8) is 0 Å². The van der Waals surface area contributed by atoms with Crippen LogP contribution in [-0.4, -0.2) is 52.5 Å². The van der Waals surface area contributed by atoms with Crippen LogP contribution in [0.3, 0.4) is 0 Å². The van der Waals surface area contributed by atoms with Crippen LogP contribution in [0.5, 0.6) is 0 Å². The number of nitrogens with one attached hydrogen (secondary N) is 1. The Hall–Kier alpha value is -0.810. The Morgan fingerprint density at radius 3 is 2.36 bits per heavy atom. The number of carbonyl (C=O) groups excluding carboxylic acids is 1. The molecular weight excluding hydrogens is 280 g/mol. The molecule has 130 valence electrons. The summed E-state index contributed by atoms with van der Waals surface area (Å²) in [5, 5.41) is 13.4. The van der Waals surface area contributed by atoms with Gasteiger partial charge in [-0.15, -0.1) is 0 Å². The zero-order chi connectivity index (χ0) is 17.1. The summed E-state index contributed by atoms with van der Waals surface area (Å²) in [6.07, 6.45) is 1.42. The lowest BCUT2D eigenvalue weighted by Crippen LogP contribution is -2.56. The number of likely N-dealkylation sites (tertiary alicyclic amines) is 1. The van der Waals surface area contributed by atoms with Crippen LogP contribution in [-0.2, 0) is 4.74 Å². The van der Waals surface area contributed by atoms with Gasteiger partial charge in [0.15, 0.2) is 0 Å². The van der Waals surface area contributed by atoms with Crippen LogP contribution >= 0.6 is 0 Å². The van der Waals surface area contributed by atoms with Gasteiger partial charge in [-0.05, 0) is 67.2 Å². The van der Waals surface area contributed by atoms with Crippen LogP contribution in [0.2, 0.25) is 0 Å². The molecule has 0 radical (unpaired) electrons. The van der Waals surface area contributed by atoms with Gasteiger partial charge in [-0.25, -0.2) is 4.79 Å². The predicted octanol–water partition coefficient (Wildman–Crippen LogP) is 2.77. The van der Waals surface area contributed by atoms with Crippen molar-refractivity contribution in [2.24, 2.45) is 5.92 Å². The van der Waals surface area contributed by atoms with Crippen molar-refractivity contribution in [1.29, 1.82) is 0 Å². The fourth-order valence-corrected chi connectivity index (χ4v) is 2.74. The normalized spacial score (nSPS) is 23.1. The Labute approximate surface area is 135 Å². The summed E-state index contributed by atoms with van der Waals surface area (Å²) in [6.45, 7) is 15.1. The average Bonchev–Trinajstić information content (AvgIpc) is 2.36.